The fourth-order valence-corrected chi connectivity index (χ4v) is 3.80. The number of amides is 1. The molecule has 1 N–H and O–H groups in total. The lowest BCUT2D eigenvalue weighted by atomic mass is 9.93. The lowest BCUT2D eigenvalue weighted by Gasteiger charge is -2.21. The number of ether oxygens (including phenoxy) is 1. The first kappa shape index (κ1) is 21.6. The first-order chi connectivity index (χ1) is 12.7. The number of hydrogen-bond donors (Lipinski definition) is 1. The van der Waals surface area contributed by atoms with Crippen molar-refractivity contribution in [3.8, 4) is 5.75 Å². The van der Waals surface area contributed by atoms with Crippen molar-refractivity contribution in [1.29, 1.82) is 0 Å². The molecule has 0 aromatic heterocycles. The number of halogens is 2. The molecule has 3 nitrogen and oxygen atoms in total. The van der Waals surface area contributed by atoms with Crippen molar-refractivity contribution in [3.63, 3.8) is 0 Å². The standard InChI is InChI=1S/C22H27Cl2NO2/c1-13(2)17-12-18(14(3)11-21(17)27-5)15(4)25-22(26)10-9-16-19(23)7-6-8-20(16)24/h6-8,11-13,15H,9-10H2,1-5H3,(H,25,26). The molecule has 2 aromatic carbocycles. The molecule has 0 spiro atoms. The third-order valence-electron chi connectivity index (χ3n) is 4.75. The van der Waals surface area contributed by atoms with Crippen LogP contribution in [0.4, 0.5) is 0 Å². The summed E-state index contributed by atoms with van der Waals surface area (Å²) in [6, 6.07) is 9.46. The van der Waals surface area contributed by atoms with Crippen molar-refractivity contribution in [2.75, 3.05) is 7.11 Å². The summed E-state index contributed by atoms with van der Waals surface area (Å²) in [7, 11) is 1.69. The summed E-state index contributed by atoms with van der Waals surface area (Å²) in [6.07, 6.45) is 0.843. The molecule has 1 unspecified atom stereocenters. The predicted molar refractivity (Wildman–Crippen MR) is 113 cm³/mol. The minimum Gasteiger partial charge on any atom is -0.496 e. The average Bonchev–Trinajstić information content (AvgIpc) is 2.60. The Labute approximate surface area is 172 Å². The molecule has 1 atom stereocenters. The average molecular weight is 408 g/mol. The van der Waals surface area contributed by atoms with Gasteiger partial charge in [0.05, 0.1) is 13.2 Å². The second-order valence-corrected chi connectivity index (χ2v) is 7.91. The molecule has 0 saturated heterocycles. The third kappa shape index (κ3) is 5.40. The topological polar surface area (TPSA) is 38.3 Å². The first-order valence-electron chi connectivity index (χ1n) is 9.15. The number of carbonyl (C=O) groups is 1. The van der Waals surface area contributed by atoms with Gasteiger partial charge >= 0.3 is 0 Å². The maximum absolute atomic E-state index is 12.5. The Morgan fingerprint density at radius 2 is 1.74 bits per heavy atom. The third-order valence-corrected chi connectivity index (χ3v) is 5.46. The van der Waals surface area contributed by atoms with Gasteiger partial charge in [-0.05, 0) is 72.7 Å². The molecule has 2 aromatic rings. The highest BCUT2D eigenvalue weighted by molar-refractivity contribution is 6.36. The summed E-state index contributed by atoms with van der Waals surface area (Å²) in [4.78, 5) is 12.5. The van der Waals surface area contributed by atoms with E-state index in [1.807, 2.05) is 19.9 Å². The molecule has 2 rings (SSSR count). The highest BCUT2D eigenvalue weighted by Gasteiger charge is 2.17. The summed E-state index contributed by atoms with van der Waals surface area (Å²) in [5.41, 5.74) is 4.15. The molecule has 0 radical (unpaired) electrons. The summed E-state index contributed by atoms with van der Waals surface area (Å²) in [5, 5.41) is 4.27. The van der Waals surface area contributed by atoms with Crippen LogP contribution in [-0.4, -0.2) is 13.0 Å². The molecule has 5 heteroatoms. The SMILES string of the molecule is COc1cc(C)c(C(C)NC(=O)CCc2c(Cl)cccc2Cl)cc1C(C)C. The fraction of sp³-hybridized carbons (Fsp3) is 0.409. The smallest absolute Gasteiger partial charge is 0.220 e. The highest BCUT2D eigenvalue weighted by atomic mass is 35.5. The molecule has 0 fully saturated rings. The van der Waals surface area contributed by atoms with Gasteiger partial charge in [-0.1, -0.05) is 43.1 Å². The van der Waals surface area contributed by atoms with Crippen molar-refractivity contribution in [2.24, 2.45) is 0 Å². The quantitative estimate of drug-likeness (QED) is 0.589. The number of methoxy groups -OCH3 is 1. The minimum absolute atomic E-state index is 0.0280. The van der Waals surface area contributed by atoms with Gasteiger partial charge < -0.3 is 10.1 Å². The molecule has 27 heavy (non-hydrogen) atoms. The Morgan fingerprint density at radius 1 is 1.11 bits per heavy atom. The van der Waals surface area contributed by atoms with E-state index >= 15 is 0 Å². The highest BCUT2D eigenvalue weighted by Crippen LogP contribution is 2.32. The molecular formula is C22H27Cl2NO2. The summed E-state index contributed by atoms with van der Waals surface area (Å²) in [6.45, 7) is 8.30. The van der Waals surface area contributed by atoms with Crippen LogP contribution in [0.1, 0.15) is 61.4 Å². The molecule has 0 heterocycles. The number of benzene rings is 2. The number of aryl methyl sites for hydroxylation is 1. The summed E-state index contributed by atoms with van der Waals surface area (Å²) >= 11 is 12.4. The lowest BCUT2D eigenvalue weighted by molar-refractivity contribution is -0.121. The zero-order valence-electron chi connectivity index (χ0n) is 16.5. The van der Waals surface area contributed by atoms with E-state index in [4.69, 9.17) is 27.9 Å². The van der Waals surface area contributed by atoms with Gasteiger partial charge in [-0.3, -0.25) is 4.79 Å². The van der Waals surface area contributed by atoms with Crippen molar-refractivity contribution in [1.82, 2.24) is 5.32 Å². The van der Waals surface area contributed by atoms with Crippen molar-refractivity contribution >= 4 is 29.1 Å². The van der Waals surface area contributed by atoms with E-state index in [0.29, 0.717) is 28.8 Å². The second-order valence-electron chi connectivity index (χ2n) is 7.09. The van der Waals surface area contributed by atoms with Gasteiger partial charge in [-0.25, -0.2) is 0 Å². The van der Waals surface area contributed by atoms with Crippen molar-refractivity contribution in [2.45, 2.75) is 52.5 Å². The van der Waals surface area contributed by atoms with E-state index in [2.05, 4.69) is 25.2 Å². The van der Waals surface area contributed by atoms with E-state index < -0.39 is 0 Å². The van der Waals surface area contributed by atoms with Gasteiger partial charge in [0, 0.05) is 16.5 Å². The molecule has 146 valence electrons. The normalized spacial score (nSPS) is 12.1. The maximum Gasteiger partial charge on any atom is 0.220 e. The Kier molecular flexibility index (Phi) is 7.58. The van der Waals surface area contributed by atoms with Crippen LogP contribution in [0.5, 0.6) is 5.75 Å². The van der Waals surface area contributed by atoms with Crippen LogP contribution in [0.25, 0.3) is 0 Å². The van der Waals surface area contributed by atoms with Crippen LogP contribution in [0.15, 0.2) is 30.3 Å². The van der Waals surface area contributed by atoms with Gasteiger partial charge in [0.2, 0.25) is 5.91 Å². The van der Waals surface area contributed by atoms with Gasteiger partial charge in [0.15, 0.2) is 0 Å². The Balaban J connectivity index is 2.09. The molecule has 0 aliphatic heterocycles. The molecule has 0 bridgehead atoms. The van der Waals surface area contributed by atoms with Crippen LogP contribution in [0, 0.1) is 6.92 Å². The van der Waals surface area contributed by atoms with E-state index in [1.54, 1.807) is 25.3 Å². The van der Waals surface area contributed by atoms with Crippen molar-refractivity contribution < 1.29 is 9.53 Å². The lowest BCUT2D eigenvalue weighted by Crippen LogP contribution is -2.27. The monoisotopic (exact) mass is 407 g/mol. The minimum atomic E-state index is -0.0948. The van der Waals surface area contributed by atoms with Crippen LogP contribution >= 0.6 is 23.2 Å². The number of carbonyl (C=O) groups excluding carboxylic acids is 1. The van der Waals surface area contributed by atoms with Crippen molar-refractivity contribution in [3.05, 3.63) is 62.6 Å². The van der Waals surface area contributed by atoms with Gasteiger partial charge in [-0.15, -0.1) is 0 Å². The molecular weight excluding hydrogens is 381 g/mol. The first-order valence-corrected chi connectivity index (χ1v) is 9.90. The molecule has 0 aliphatic carbocycles. The molecule has 1 amide bonds. The number of hydrogen-bond acceptors (Lipinski definition) is 2. The van der Waals surface area contributed by atoms with Crippen LogP contribution in [0.2, 0.25) is 10.0 Å². The number of nitrogens with one attached hydrogen (secondary N) is 1. The van der Waals surface area contributed by atoms with Gasteiger partial charge in [-0.2, -0.15) is 0 Å². The van der Waals surface area contributed by atoms with Gasteiger partial charge in [0.25, 0.3) is 0 Å². The Bertz CT molecular complexity index is 798. The predicted octanol–water partition coefficient (Wildman–Crippen LogP) is 6.24. The molecule has 0 aliphatic rings. The Morgan fingerprint density at radius 3 is 2.30 bits per heavy atom. The van der Waals surface area contributed by atoms with Crippen LogP contribution in [0.3, 0.4) is 0 Å². The second kappa shape index (κ2) is 9.48. The molecule has 0 saturated carbocycles. The summed E-state index contributed by atoms with van der Waals surface area (Å²) < 4.78 is 5.50. The van der Waals surface area contributed by atoms with Gasteiger partial charge in [0.1, 0.15) is 5.75 Å². The van der Waals surface area contributed by atoms with E-state index in [0.717, 1.165) is 28.0 Å². The van der Waals surface area contributed by atoms with E-state index in [1.165, 1.54) is 0 Å². The summed E-state index contributed by atoms with van der Waals surface area (Å²) in [5.74, 6) is 1.20. The number of rotatable bonds is 7. The van der Waals surface area contributed by atoms with Crippen LogP contribution in [-0.2, 0) is 11.2 Å². The van der Waals surface area contributed by atoms with E-state index in [9.17, 15) is 4.79 Å². The zero-order valence-corrected chi connectivity index (χ0v) is 18.0. The maximum atomic E-state index is 12.5. The van der Waals surface area contributed by atoms with E-state index in [-0.39, 0.29) is 11.9 Å². The zero-order chi connectivity index (χ0) is 20.1. The Hall–Kier alpha value is -1.71. The largest absolute Gasteiger partial charge is 0.496 e. The fourth-order valence-electron chi connectivity index (χ4n) is 3.21. The van der Waals surface area contributed by atoms with Crippen LogP contribution < -0.4 is 10.1 Å².